The maximum absolute atomic E-state index is 13.8. The highest BCUT2D eigenvalue weighted by Crippen LogP contribution is 2.46. The molecule has 2 unspecified atom stereocenters. The molecule has 7 rings (SSSR count). The predicted molar refractivity (Wildman–Crippen MR) is 224 cm³/mol. The number of alkyl halides is 1. The van der Waals surface area contributed by atoms with Gasteiger partial charge in [-0.3, -0.25) is 9.59 Å². The van der Waals surface area contributed by atoms with Gasteiger partial charge in [-0.2, -0.15) is 12.6 Å². The summed E-state index contributed by atoms with van der Waals surface area (Å²) in [4.78, 5) is 62.6. The van der Waals surface area contributed by atoms with E-state index in [1.165, 1.54) is 7.11 Å². The van der Waals surface area contributed by atoms with Crippen LogP contribution in [0.25, 0.3) is 10.8 Å². The highest BCUT2D eigenvalue weighted by atomic mass is 35.5. The number of aliphatic hydroxyl groups excluding tert-OH is 1. The maximum atomic E-state index is 13.8. The van der Waals surface area contributed by atoms with Crippen LogP contribution in [0, 0.1) is 0 Å². The van der Waals surface area contributed by atoms with E-state index < -0.39 is 24.5 Å². The van der Waals surface area contributed by atoms with E-state index in [2.05, 4.69) is 17.5 Å². The minimum absolute atomic E-state index is 0.0208. The van der Waals surface area contributed by atoms with Gasteiger partial charge >= 0.3 is 12.2 Å². The van der Waals surface area contributed by atoms with E-state index in [4.69, 9.17) is 30.5 Å². The average Bonchev–Trinajstić information content (AvgIpc) is 3.85. The second-order valence-corrected chi connectivity index (χ2v) is 16.7. The molecule has 4 heterocycles. The average molecular weight is 838 g/mol. The number of rotatable bonds is 12. The Labute approximate surface area is 349 Å². The lowest BCUT2D eigenvalue weighted by Gasteiger charge is -2.31. The summed E-state index contributed by atoms with van der Waals surface area (Å²) in [5.41, 5.74) is 2.09. The topological polar surface area (TPSA) is 142 Å². The number of methoxy groups -OCH3 is 1. The van der Waals surface area contributed by atoms with Crippen molar-refractivity contribution in [3.8, 4) is 17.2 Å². The summed E-state index contributed by atoms with van der Waals surface area (Å²) in [5, 5.41) is 12.9. The highest BCUT2D eigenvalue weighted by Gasteiger charge is 2.45. The summed E-state index contributed by atoms with van der Waals surface area (Å²) in [6.07, 6.45) is 0.907. The van der Waals surface area contributed by atoms with Crippen molar-refractivity contribution in [3.63, 3.8) is 0 Å². The van der Waals surface area contributed by atoms with Crippen molar-refractivity contribution in [3.05, 3.63) is 53.6 Å². The van der Waals surface area contributed by atoms with Crippen molar-refractivity contribution >= 4 is 70.4 Å². The molecule has 0 aromatic heterocycles. The fourth-order valence-corrected chi connectivity index (χ4v) is 8.69. The quantitative estimate of drug-likeness (QED) is 0.125. The predicted octanol–water partition coefficient (Wildman–Crippen LogP) is 6.10. The van der Waals surface area contributed by atoms with Gasteiger partial charge in [0.2, 0.25) is 5.91 Å². The van der Waals surface area contributed by atoms with Crippen molar-refractivity contribution < 1.29 is 43.2 Å². The fourth-order valence-electron chi connectivity index (χ4n) is 8.36. The van der Waals surface area contributed by atoms with Crippen LogP contribution in [0.1, 0.15) is 67.3 Å². The van der Waals surface area contributed by atoms with E-state index in [1.54, 1.807) is 33.8 Å². The standard InChI is InChI=1S/C42H52ClN5O9S/c1-26(58)25-56-42(53)48-32-21-36(35(54-3)20-30(32)39(50)46-14-9-12-31(46)40(48)51)55-19-8-4-5-13-37(49)47-24-27(23-43)38-29-11-7-6-10-28(29)34(22-33(38)47)57-41(52)45-17-15-44(2)16-18-45/h6-7,10-11,20-22,26-27,31,40,51,58H,4-5,8-9,12-19,23-25H2,1-3H3/t26?,27-,31+,40?/m1/s1. The first-order valence-corrected chi connectivity index (χ1v) is 21.1. The lowest BCUT2D eigenvalue weighted by atomic mass is 9.95. The van der Waals surface area contributed by atoms with E-state index in [0.29, 0.717) is 87.8 Å². The molecule has 0 saturated carbocycles. The number of hydrogen-bond acceptors (Lipinski definition) is 11. The Hall–Kier alpha value is -4.44. The zero-order valence-corrected chi connectivity index (χ0v) is 34.9. The number of carbonyl (C=O) groups is 4. The molecule has 4 aliphatic rings. The lowest BCUT2D eigenvalue weighted by Crippen LogP contribution is -2.51. The molecule has 2 fully saturated rings. The van der Waals surface area contributed by atoms with E-state index >= 15 is 0 Å². The second kappa shape index (κ2) is 18.2. The van der Waals surface area contributed by atoms with Gasteiger partial charge in [-0.05, 0) is 56.2 Å². The van der Waals surface area contributed by atoms with Crippen LogP contribution in [0.3, 0.4) is 0 Å². The second-order valence-electron chi connectivity index (χ2n) is 15.5. The molecule has 4 atom stereocenters. The molecule has 14 nitrogen and oxygen atoms in total. The summed E-state index contributed by atoms with van der Waals surface area (Å²) >= 11 is 10.8. The van der Waals surface area contributed by atoms with Crippen molar-refractivity contribution in [1.82, 2.24) is 14.7 Å². The molecule has 0 spiro atoms. The Morgan fingerprint density at radius 3 is 2.41 bits per heavy atom. The molecule has 4 amide bonds. The van der Waals surface area contributed by atoms with Gasteiger partial charge in [0.25, 0.3) is 5.91 Å². The van der Waals surface area contributed by atoms with Crippen LogP contribution >= 0.6 is 24.2 Å². The first kappa shape index (κ1) is 41.7. The minimum Gasteiger partial charge on any atom is -0.493 e. The van der Waals surface area contributed by atoms with E-state index in [-0.39, 0.29) is 47.4 Å². The van der Waals surface area contributed by atoms with E-state index in [9.17, 15) is 24.3 Å². The maximum Gasteiger partial charge on any atom is 0.416 e. The molecule has 0 bridgehead atoms. The number of carbonyl (C=O) groups excluding carboxylic acids is 4. The van der Waals surface area contributed by atoms with Crippen molar-refractivity contribution in [1.29, 1.82) is 0 Å². The summed E-state index contributed by atoms with van der Waals surface area (Å²) in [6, 6.07) is 12.1. The number of aliphatic hydroxyl groups is 1. The monoisotopic (exact) mass is 837 g/mol. The largest absolute Gasteiger partial charge is 0.493 e. The summed E-state index contributed by atoms with van der Waals surface area (Å²) < 4.78 is 23.3. The van der Waals surface area contributed by atoms with Crippen LogP contribution in [-0.2, 0) is 9.53 Å². The normalized spacial score (nSPS) is 21.0. The molecular formula is C42H52ClN5O9S. The van der Waals surface area contributed by atoms with Crippen LogP contribution in [0.2, 0.25) is 0 Å². The highest BCUT2D eigenvalue weighted by molar-refractivity contribution is 7.80. The number of likely N-dealkylation sites (N-methyl/N-ethyl adjacent to an activating group) is 1. The van der Waals surface area contributed by atoms with Gasteiger partial charge in [0.15, 0.2) is 17.7 Å². The minimum atomic E-state index is -1.32. The summed E-state index contributed by atoms with van der Waals surface area (Å²) in [5.74, 6) is 0.948. The molecule has 16 heteroatoms. The Kier molecular flexibility index (Phi) is 13.1. The third-order valence-corrected chi connectivity index (χ3v) is 12.0. The number of thiol groups is 1. The Morgan fingerprint density at radius 2 is 1.69 bits per heavy atom. The molecule has 4 aliphatic heterocycles. The van der Waals surface area contributed by atoms with Gasteiger partial charge in [-0.15, -0.1) is 11.6 Å². The number of ether oxygens (including phenoxy) is 4. The third kappa shape index (κ3) is 8.50. The molecule has 0 radical (unpaired) electrons. The number of unbranched alkanes of at least 4 members (excludes halogenated alkanes) is 2. The molecule has 3 aromatic rings. The first-order chi connectivity index (χ1) is 28.0. The van der Waals surface area contributed by atoms with Crippen LogP contribution in [-0.4, -0.2) is 134 Å². The number of benzene rings is 3. The zero-order chi connectivity index (χ0) is 41.1. The SMILES string of the molecule is COc1cc2c(cc1OCCCCCC(=O)N1C[C@@H](CCl)c3c1cc(OC(=O)N1CCN(C)CC1)c1ccccc31)N(C(=O)OCC(C)S)C(O)[C@@H]1CCCN1C2=O. The van der Waals surface area contributed by atoms with E-state index in [0.717, 1.165) is 40.0 Å². The van der Waals surface area contributed by atoms with Gasteiger partial charge in [-0.1, -0.05) is 31.2 Å². The van der Waals surface area contributed by atoms with Crippen molar-refractivity contribution in [2.24, 2.45) is 0 Å². The number of hydrogen-bond donors (Lipinski definition) is 2. The van der Waals surface area contributed by atoms with Crippen LogP contribution in [0.5, 0.6) is 17.2 Å². The Morgan fingerprint density at radius 1 is 0.948 bits per heavy atom. The molecule has 1 N–H and O–H groups in total. The number of anilines is 2. The number of amides is 4. The Bertz CT molecular complexity index is 2030. The number of halogens is 1. The Balaban J connectivity index is 1.01. The number of piperazine rings is 1. The van der Waals surface area contributed by atoms with Gasteiger partial charge in [-0.25, -0.2) is 14.5 Å². The molecular weight excluding hydrogens is 786 g/mol. The van der Waals surface area contributed by atoms with Crippen molar-refractivity contribution in [2.45, 2.75) is 68.9 Å². The molecule has 0 aliphatic carbocycles. The van der Waals surface area contributed by atoms with Crippen molar-refractivity contribution in [2.75, 3.05) is 82.3 Å². The lowest BCUT2D eigenvalue weighted by molar-refractivity contribution is -0.118. The number of nitrogens with zero attached hydrogens (tertiary/aromatic N) is 5. The van der Waals surface area contributed by atoms with Crippen LogP contribution < -0.4 is 24.0 Å². The molecule has 58 heavy (non-hydrogen) atoms. The van der Waals surface area contributed by atoms with Crippen LogP contribution in [0.4, 0.5) is 21.0 Å². The fraction of sp³-hybridized carbons (Fsp3) is 0.524. The third-order valence-electron chi connectivity index (χ3n) is 11.5. The smallest absolute Gasteiger partial charge is 0.416 e. The summed E-state index contributed by atoms with van der Waals surface area (Å²) in [7, 11) is 3.50. The molecule has 312 valence electrons. The van der Waals surface area contributed by atoms with E-state index in [1.807, 2.05) is 37.4 Å². The first-order valence-electron chi connectivity index (χ1n) is 20.1. The van der Waals surface area contributed by atoms with Gasteiger partial charge < -0.3 is 43.7 Å². The van der Waals surface area contributed by atoms with Gasteiger partial charge in [0, 0.05) is 80.3 Å². The van der Waals surface area contributed by atoms with Crippen LogP contribution in [0.15, 0.2) is 42.5 Å². The molecule has 2 saturated heterocycles. The molecule has 3 aromatic carbocycles. The van der Waals surface area contributed by atoms with Gasteiger partial charge in [0.05, 0.1) is 36.7 Å². The van der Waals surface area contributed by atoms with Gasteiger partial charge in [0.1, 0.15) is 12.4 Å². The zero-order valence-electron chi connectivity index (χ0n) is 33.2. The summed E-state index contributed by atoms with van der Waals surface area (Å²) in [6.45, 7) is 5.68. The number of fused-ring (bicyclic) bond motifs is 5.